The molecular weight excluding hydrogens is 360 g/mol. The van der Waals surface area contributed by atoms with Gasteiger partial charge in [-0.3, -0.25) is 0 Å². The van der Waals surface area contributed by atoms with E-state index in [0.29, 0.717) is 31.3 Å². The topological polar surface area (TPSA) is 69.3 Å². The Bertz CT molecular complexity index is 868. The van der Waals surface area contributed by atoms with Gasteiger partial charge in [-0.15, -0.1) is 0 Å². The molecule has 0 fully saturated rings. The highest BCUT2D eigenvalue weighted by atomic mass is 16.7. The van der Waals surface area contributed by atoms with Gasteiger partial charge in [0.1, 0.15) is 0 Å². The van der Waals surface area contributed by atoms with Gasteiger partial charge in [0.05, 0.1) is 0 Å². The molecule has 2 aliphatic rings. The lowest BCUT2D eigenvalue weighted by Gasteiger charge is -2.25. The molecule has 0 unspecified atom stereocenters. The van der Waals surface area contributed by atoms with Gasteiger partial charge in [-0.05, 0) is 41.3 Å². The number of benzene rings is 2. The number of fused-ring (bicyclic) bond motifs is 2. The molecular formula is C21H24N2O5. The number of hydrogen-bond donors (Lipinski definition) is 1. The Morgan fingerprint density at radius 1 is 0.929 bits per heavy atom. The second kappa shape index (κ2) is 7.88. The molecule has 0 saturated carbocycles. The van der Waals surface area contributed by atoms with Crippen LogP contribution in [0.1, 0.15) is 25.0 Å². The molecule has 2 aromatic carbocycles. The summed E-state index contributed by atoms with van der Waals surface area (Å²) in [6.45, 7) is 6.25. The Hall–Kier alpha value is -3.09. The van der Waals surface area contributed by atoms with Crippen molar-refractivity contribution in [2.45, 2.75) is 26.9 Å². The van der Waals surface area contributed by atoms with Crippen molar-refractivity contribution in [2.75, 3.05) is 20.1 Å². The third-order valence-electron chi connectivity index (χ3n) is 4.56. The Labute approximate surface area is 164 Å². The van der Waals surface area contributed by atoms with E-state index in [1.165, 1.54) is 0 Å². The van der Waals surface area contributed by atoms with Crippen LogP contribution in [0.5, 0.6) is 23.0 Å². The van der Waals surface area contributed by atoms with Gasteiger partial charge in [0.25, 0.3) is 0 Å². The van der Waals surface area contributed by atoms with E-state index in [1.807, 2.05) is 41.3 Å². The quantitative estimate of drug-likeness (QED) is 0.825. The highest BCUT2D eigenvalue weighted by Gasteiger charge is 2.19. The monoisotopic (exact) mass is 384 g/mol. The number of urea groups is 1. The Morgan fingerprint density at radius 3 is 2.14 bits per heavy atom. The molecule has 28 heavy (non-hydrogen) atoms. The minimum atomic E-state index is -0.107. The summed E-state index contributed by atoms with van der Waals surface area (Å²) >= 11 is 0. The molecule has 0 aromatic heterocycles. The van der Waals surface area contributed by atoms with E-state index in [1.54, 1.807) is 0 Å². The van der Waals surface area contributed by atoms with Gasteiger partial charge >= 0.3 is 6.03 Å². The van der Waals surface area contributed by atoms with Crippen molar-refractivity contribution >= 4 is 6.03 Å². The van der Waals surface area contributed by atoms with Crippen LogP contribution in [0, 0.1) is 5.92 Å². The minimum absolute atomic E-state index is 0.107. The van der Waals surface area contributed by atoms with E-state index >= 15 is 0 Å². The first-order chi connectivity index (χ1) is 13.6. The molecule has 0 saturated heterocycles. The molecule has 2 heterocycles. The second-order valence-corrected chi connectivity index (χ2v) is 7.31. The number of ether oxygens (including phenoxy) is 4. The number of hydrogen-bond acceptors (Lipinski definition) is 5. The van der Waals surface area contributed by atoms with Crippen molar-refractivity contribution in [1.82, 2.24) is 10.2 Å². The van der Waals surface area contributed by atoms with Gasteiger partial charge in [-0.1, -0.05) is 26.0 Å². The number of nitrogens with one attached hydrogen (secondary N) is 1. The van der Waals surface area contributed by atoms with Crippen LogP contribution in [0.2, 0.25) is 0 Å². The molecule has 2 amide bonds. The molecule has 1 N–H and O–H groups in total. The second-order valence-electron chi connectivity index (χ2n) is 7.31. The van der Waals surface area contributed by atoms with Gasteiger partial charge in [0.15, 0.2) is 23.0 Å². The van der Waals surface area contributed by atoms with Crippen LogP contribution in [0.15, 0.2) is 36.4 Å². The minimum Gasteiger partial charge on any atom is -0.454 e. The summed E-state index contributed by atoms with van der Waals surface area (Å²) in [5.74, 6) is 3.27. The molecule has 2 aromatic rings. The van der Waals surface area contributed by atoms with Crippen molar-refractivity contribution in [3.63, 3.8) is 0 Å². The molecule has 0 atom stereocenters. The van der Waals surface area contributed by atoms with Crippen LogP contribution in [0.4, 0.5) is 4.79 Å². The lowest BCUT2D eigenvalue weighted by atomic mass is 10.1. The maximum Gasteiger partial charge on any atom is 0.317 e. The summed E-state index contributed by atoms with van der Waals surface area (Å²) in [6, 6.07) is 11.4. The van der Waals surface area contributed by atoms with Crippen LogP contribution in [0.25, 0.3) is 0 Å². The van der Waals surface area contributed by atoms with Crippen LogP contribution in [-0.2, 0) is 13.1 Å². The molecule has 7 nitrogen and oxygen atoms in total. The fraction of sp³-hybridized carbons (Fsp3) is 0.381. The third kappa shape index (κ3) is 4.08. The number of amides is 2. The summed E-state index contributed by atoms with van der Waals surface area (Å²) in [7, 11) is 0. The third-order valence-corrected chi connectivity index (χ3v) is 4.56. The Balaban J connectivity index is 1.40. The van der Waals surface area contributed by atoms with Crippen molar-refractivity contribution in [1.29, 1.82) is 0 Å². The summed E-state index contributed by atoms with van der Waals surface area (Å²) in [5, 5.41) is 3.00. The number of nitrogens with zero attached hydrogens (tertiary/aromatic N) is 1. The predicted molar refractivity (Wildman–Crippen MR) is 103 cm³/mol. The molecule has 0 aliphatic carbocycles. The van der Waals surface area contributed by atoms with E-state index < -0.39 is 0 Å². The highest BCUT2D eigenvalue weighted by molar-refractivity contribution is 5.74. The number of rotatable bonds is 6. The van der Waals surface area contributed by atoms with E-state index in [-0.39, 0.29) is 19.6 Å². The van der Waals surface area contributed by atoms with E-state index in [2.05, 4.69) is 19.2 Å². The SMILES string of the molecule is CC(C)CN(Cc1ccc2c(c1)OCO2)C(=O)NCc1ccc2c(c1)OCO2. The zero-order valence-electron chi connectivity index (χ0n) is 16.1. The van der Waals surface area contributed by atoms with Crippen molar-refractivity contribution in [3.8, 4) is 23.0 Å². The van der Waals surface area contributed by atoms with Gasteiger partial charge in [0.2, 0.25) is 13.6 Å². The zero-order valence-corrected chi connectivity index (χ0v) is 16.1. The van der Waals surface area contributed by atoms with Crippen LogP contribution >= 0.6 is 0 Å². The standard InChI is InChI=1S/C21H24N2O5/c1-14(2)10-23(11-16-4-6-18-20(8-16)28-13-26-18)21(24)22-9-15-3-5-17-19(7-15)27-12-25-17/h3-8,14H,9-13H2,1-2H3,(H,22,24). The first-order valence-corrected chi connectivity index (χ1v) is 9.38. The van der Waals surface area contributed by atoms with Crippen LogP contribution in [-0.4, -0.2) is 31.1 Å². The molecule has 0 radical (unpaired) electrons. The molecule has 0 spiro atoms. The maximum atomic E-state index is 12.8. The smallest absolute Gasteiger partial charge is 0.317 e. The average molecular weight is 384 g/mol. The summed E-state index contributed by atoms with van der Waals surface area (Å²) in [5.41, 5.74) is 1.97. The van der Waals surface area contributed by atoms with E-state index in [4.69, 9.17) is 18.9 Å². The lowest BCUT2D eigenvalue weighted by molar-refractivity contribution is 0.173. The van der Waals surface area contributed by atoms with Gasteiger partial charge in [0, 0.05) is 19.6 Å². The fourth-order valence-electron chi connectivity index (χ4n) is 3.26. The van der Waals surface area contributed by atoms with Gasteiger partial charge in [-0.25, -0.2) is 4.79 Å². The number of carbonyl (C=O) groups is 1. The zero-order chi connectivity index (χ0) is 19.5. The molecule has 0 bridgehead atoms. The van der Waals surface area contributed by atoms with E-state index in [9.17, 15) is 4.79 Å². The first-order valence-electron chi connectivity index (χ1n) is 9.38. The average Bonchev–Trinajstić information content (AvgIpc) is 3.33. The lowest BCUT2D eigenvalue weighted by Crippen LogP contribution is -2.41. The molecule has 7 heteroatoms. The molecule has 4 rings (SSSR count). The van der Waals surface area contributed by atoms with Crippen molar-refractivity contribution in [2.24, 2.45) is 5.92 Å². The molecule has 148 valence electrons. The normalized spacial score (nSPS) is 13.7. The summed E-state index contributed by atoms with van der Waals surface area (Å²) < 4.78 is 21.5. The number of carbonyl (C=O) groups excluding carboxylic acids is 1. The predicted octanol–water partition coefficient (Wildman–Crippen LogP) is 3.51. The summed E-state index contributed by atoms with van der Waals surface area (Å²) in [4.78, 5) is 14.6. The highest BCUT2D eigenvalue weighted by Crippen LogP contribution is 2.33. The Kier molecular flexibility index (Phi) is 5.14. The van der Waals surface area contributed by atoms with E-state index in [0.717, 1.165) is 28.4 Å². The van der Waals surface area contributed by atoms with Crippen molar-refractivity contribution in [3.05, 3.63) is 47.5 Å². The molecule has 2 aliphatic heterocycles. The fourth-order valence-corrected chi connectivity index (χ4v) is 3.26. The maximum absolute atomic E-state index is 12.8. The van der Waals surface area contributed by atoms with Gasteiger partial charge in [-0.2, -0.15) is 0 Å². The first kappa shape index (κ1) is 18.3. The Morgan fingerprint density at radius 2 is 1.50 bits per heavy atom. The van der Waals surface area contributed by atoms with Gasteiger partial charge < -0.3 is 29.2 Å². The largest absolute Gasteiger partial charge is 0.454 e. The van der Waals surface area contributed by atoms with Crippen LogP contribution < -0.4 is 24.3 Å². The van der Waals surface area contributed by atoms with Crippen LogP contribution in [0.3, 0.4) is 0 Å². The summed E-state index contributed by atoms with van der Waals surface area (Å²) in [6.07, 6.45) is 0. The van der Waals surface area contributed by atoms with Crippen molar-refractivity contribution < 1.29 is 23.7 Å².